The molecule has 3 heteroatoms. The van der Waals surface area contributed by atoms with Crippen LogP contribution in [0.4, 0.5) is 0 Å². The minimum absolute atomic E-state index is 0.325. The molecule has 0 bridgehead atoms. The summed E-state index contributed by atoms with van der Waals surface area (Å²) in [6.45, 7) is 4.58. The Labute approximate surface area is 170 Å². The molecule has 2 aromatic rings. The van der Waals surface area contributed by atoms with Gasteiger partial charge in [0.15, 0.2) is 0 Å². The normalized spacial score (nSPS) is 21.3. The maximum atomic E-state index is 10.3. The van der Waals surface area contributed by atoms with Crippen molar-refractivity contribution in [3.63, 3.8) is 0 Å². The van der Waals surface area contributed by atoms with E-state index in [-0.39, 0.29) is 0 Å². The minimum atomic E-state index is 0.325. The molecule has 0 aromatic heterocycles. The van der Waals surface area contributed by atoms with Crippen LogP contribution >= 0.6 is 0 Å². The van der Waals surface area contributed by atoms with Gasteiger partial charge in [0.05, 0.1) is 0 Å². The number of rotatable bonds is 5. The van der Waals surface area contributed by atoms with Crippen LogP contribution in [-0.2, 0) is 6.42 Å². The molecular formula is C25H34N2O. The summed E-state index contributed by atoms with van der Waals surface area (Å²) >= 11 is 0. The molecule has 28 heavy (non-hydrogen) atoms. The van der Waals surface area contributed by atoms with Gasteiger partial charge >= 0.3 is 0 Å². The third-order valence-corrected chi connectivity index (χ3v) is 6.72. The molecule has 0 spiro atoms. The van der Waals surface area contributed by atoms with Gasteiger partial charge in [0.1, 0.15) is 5.75 Å². The number of para-hydroxylation sites is 1. The molecule has 1 unspecified atom stereocenters. The van der Waals surface area contributed by atoms with Gasteiger partial charge in [0.25, 0.3) is 0 Å². The lowest BCUT2D eigenvalue weighted by atomic mass is 9.96. The van der Waals surface area contributed by atoms with E-state index >= 15 is 0 Å². The number of nitrogens with zero attached hydrogens (tertiary/aromatic N) is 2. The Kier molecular flexibility index (Phi) is 6.66. The maximum Gasteiger partial charge on any atom is 0.118 e. The highest BCUT2D eigenvalue weighted by atomic mass is 16.3. The number of hydrogen-bond donors (Lipinski definition) is 1. The smallest absolute Gasteiger partial charge is 0.118 e. The van der Waals surface area contributed by atoms with Gasteiger partial charge in [0, 0.05) is 38.3 Å². The third kappa shape index (κ3) is 4.76. The van der Waals surface area contributed by atoms with Crippen LogP contribution in [0.1, 0.15) is 55.7 Å². The summed E-state index contributed by atoms with van der Waals surface area (Å²) in [5.41, 5.74) is 2.40. The number of hydrogen-bond acceptors (Lipinski definition) is 3. The van der Waals surface area contributed by atoms with Crippen molar-refractivity contribution in [2.45, 2.75) is 57.0 Å². The molecule has 1 aliphatic heterocycles. The van der Waals surface area contributed by atoms with E-state index in [0.29, 0.717) is 11.8 Å². The second kappa shape index (κ2) is 9.58. The van der Waals surface area contributed by atoms with Crippen molar-refractivity contribution in [2.75, 3.05) is 26.2 Å². The Morgan fingerprint density at radius 3 is 2.11 bits per heavy atom. The Morgan fingerprint density at radius 1 is 0.786 bits per heavy atom. The molecule has 1 saturated carbocycles. The first kappa shape index (κ1) is 19.5. The molecule has 150 valence electrons. The molecular weight excluding hydrogens is 344 g/mol. The second-order valence-corrected chi connectivity index (χ2v) is 8.48. The quantitative estimate of drug-likeness (QED) is 0.740. The van der Waals surface area contributed by atoms with Crippen molar-refractivity contribution in [1.82, 2.24) is 9.80 Å². The highest BCUT2D eigenvalue weighted by molar-refractivity contribution is 5.34. The first-order chi connectivity index (χ1) is 13.8. The van der Waals surface area contributed by atoms with Crippen LogP contribution in [0.15, 0.2) is 54.6 Å². The fourth-order valence-electron chi connectivity index (χ4n) is 5.06. The molecule has 3 nitrogen and oxygen atoms in total. The molecule has 1 saturated heterocycles. The van der Waals surface area contributed by atoms with Gasteiger partial charge in [-0.3, -0.25) is 9.80 Å². The van der Waals surface area contributed by atoms with Crippen LogP contribution in [0.3, 0.4) is 0 Å². The molecule has 2 fully saturated rings. The van der Waals surface area contributed by atoms with Crippen LogP contribution in [-0.4, -0.2) is 47.1 Å². The fourth-order valence-corrected chi connectivity index (χ4v) is 5.06. The Bertz CT molecular complexity index is 716. The van der Waals surface area contributed by atoms with Crippen molar-refractivity contribution in [2.24, 2.45) is 0 Å². The van der Waals surface area contributed by atoms with E-state index in [1.165, 1.54) is 57.2 Å². The average molecular weight is 379 g/mol. The van der Waals surface area contributed by atoms with Crippen molar-refractivity contribution in [3.05, 3.63) is 65.7 Å². The number of aromatic hydroxyl groups is 1. The fraction of sp³-hybridized carbons (Fsp3) is 0.520. The molecule has 1 aliphatic carbocycles. The van der Waals surface area contributed by atoms with Gasteiger partial charge in [0.2, 0.25) is 0 Å². The second-order valence-electron chi connectivity index (χ2n) is 8.48. The number of benzene rings is 2. The van der Waals surface area contributed by atoms with Gasteiger partial charge in [-0.1, -0.05) is 74.2 Å². The number of phenolic OH excluding ortho intramolecular Hbond substituents is 1. The van der Waals surface area contributed by atoms with E-state index in [2.05, 4.69) is 46.2 Å². The predicted molar refractivity (Wildman–Crippen MR) is 116 cm³/mol. The van der Waals surface area contributed by atoms with Crippen molar-refractivity contribution >= 4 is 0 Å². The summed E-state index contributed by atoms with van der Waals surface area (Å²) in [5.74, 6) is 0.417. The number of piperazine rings is 1. The standard InChI is InChI=1S/C25H34N2O/c28-25-15-9-8-12-22(25)20-24(21-10-4-3-5-11-21)27-18-16-26(17-19-27)23-13-6-1-2-7-14-23/h3-5,8-12,15,23-24,28H,1-2,6-7,13-14,16-20H2. The molecule has 2 aromatic carbocycles. The van der Waals surface area contributed by atoms with Crippen LogP contribution < -0.4 is 0 Å². The predicted octanol–water partition coefficient (Wildman–Crippen LogP) is 5.02. The molecule has 1 N–H and O–H groups in total. The van der Waals surface area contributed by atoms with Gasteiger partial charge in [-0.2, -0.15) is 0 Å². The zero-order valence-electron chi connectivity index (χ0n) is 17.0. The summed E-state index contributed by atoms with van der Waals surface area (Å²) in [5, 5.41) is 10.3. The highest BCUT2D eigenvalue weighted by Crippen LogP contribution is 2.31. The maximum absolute atomic E-state index is 10.3. The first-order valence-electron chi connectivity index (χ1n) is 11.1. The zero-order valence-corrected chi connectivity index (χ0v) is 17.0. The van der Waals surface area contributed by atoms with Gasteiger partial charge < -0.3 is 5.11 Å². The largest absolute Gasteiger partial charge is 0.508 e. The summed E-state index contributed by atoms with van der Waals surface area (Å²) in [4.78, 5) is 5.39. The molecule has 0 amide bonds. The van der Waals surface area contributed by atoms with E-state index in [1.54, 1.807) is 6.07 Å². The van der Waals surface area contributed by atoms with E-state index in [0.717, 1.165) is 31.1 Å². The SMILES string of the molecule is Oc1ccccc1CC(c1ccccc1)N1CCN(C2CCCCCC2)CC1. The van der Waals surface area contributed by atoms with Gasteiger partial charge in [-0.25, -0.2) is 0 Å². The molecule has 2 aliphatic rings. The van der Waals surface area contributed by atoms with Crippen molar-refractivity contribution in [1.29, 1.82) is 0 Å². The van der Waals surface area contributed by atoms with Crippen LogP contribution in [0.5, 0.6) is 5.75 Å². The van der Waals surface area contributed by atoms with Gasteiger partial charge in [-0.05, 0) is 36.5 Å². The summed E-state index contributed by atoms with van der Waals surface area (Å²) in [7, 11) is 0. The van der Waals surface area contributed by atoms with E-state index in [9.17, 15) is 5.11 Å². The highest BCUT2D eigenvalue weighted by Gasteiger charge is 2.29. The molecule has 1 atom stereocenters. The van der Waals surface area contributed by atoms with E-state index in [4.69, 9.17) is 0 Å². The lowest BCUT2D eigenvalue weighted by Crippen LogP contribution is -2.51. The lowest BCUT2D eigenvalue weighted by molar-refractivity contribution is 0.0631. The molecule has 1 heterocycles. The first-order valence-corrected chi connectivity index (χ1v) is 11.1. The Morgan fingerprint density at radius 2 is 1.43 bits per heavy atom. The summed E-state index contributed by atoms with van der Waals surface area (Å²) in [6.07, 6.45) is 9.30. The minimum Gasteiger partial charge on any atom is -0.508 e. The van der Waals surface area contributed by atoms with Crippen molar-refractivity contribution < 1.29 is 5.11 Å². The summed E-state index contributed by atoms with van der Waals surface area (Å²) < 4.78 is 0. The summed E-state index contributed by atoms with van der Waals surface area (Å²) in [6, 6.07) is 19.8. The molecule has 0 radical (unpaired) electrons. The monoisotopic (exact) mass is 378 g/mol. The van der Waals surface area contributed by atoms with E-state index in [1.807, 2.05) is 12.1 Å². The Balaban J connectivity index is 1.46. The van der Waals surface area contributed by atoms with Gasteiger partial charge in [-0.15, -0.1) is 0 Å². The zero-order chi connectivity index (χ0) is 19.2. The van der Waals surface area contributed by atoms with E-state index < -0.39 is 0 Å². The van der Waals surface area contributed by atoms with Crippen LogP contribution in [0.2, 0.25) is 0 Å². The topological polar surface area (TPSA) is 26.7 Å². The van der Waals surface area contributed by atoms with Crippen LogP contribution in [0.25, 0.3) is 0 Å². The Hall–Kier alpha value is -1.84. The molecule has 4 rings (SSSR count). The lowest BCUT2D eigenvalue weighted by Gasteiger charge is -2.42. The average Bonchev–Trinajstić information content (AvgIpc) is 3.04. The third-order valence-electron chi connectivity index (χ3n) is 6.72. The van der Waals surface area contributed by atoms with Crippen LogP contribution in [0, 0.1) is 0 Å². The van der Waals surface area contributed by atoms with Crippen molar-refractivity contribution in [3.8, 4) is 5.75 Å². The number of phenols is 1.